The fraction of sp³-hybridized carbons (Fsp3) is 0.185. The zero-order valence-electron chi connectivity index (χ0n) is 19.3. The van der Waals surface area contributed by atoms with Crippen molar-refractivity contribution in [3.63, 3.8) is 0 Å². The molecule has 4 aromatic rings. The van der Waals surface area contributed by atoms with Crippen molar-refractivity contribution in [2.75, 3.05) is 6.54 Å². The number of halogens is 1. The minimum atomic E-state index is -1.05. The van der Waals surface area contributed by atoms with Crippen LogP contribution in [0.5, 0.6) is 11.5 Å². The number of ether oxygens (including phenoxy) is 1. The molecule has 0 unspecified atom stereocenters. The molecule has 35 heavy (non-hydrogen) atoms. The van der Waals surface area contributed by atoms with Gasteiger partial charge in [-0.3, -0.25) is 10.0 Å². The van der Waals surface area contributed by atoms with E-state index in [4.69, 9.17) is 4.74 Å². The van der Waals surface area contributed by atoms with Crippen LogP contribution in [0.15, 0.2) is 77.3 Å². The monoisotopic (exact) mass is 536 g/mol. The van der Waals surface area contributed by atoms with Crippen molar-refractivity contribution in [2.45, 2.75) is 20.4 Å². The van der Waals surface area contributed by atoms with E-state index in [0.717, 1.165) is 15.4 Å². The summed E-state index contributed by atoms with van der Waals surface area (Å²) in [4.78, 5) is 24.5. The molecular formula is C27H25BrN2O5. The van der Waals surface area contributed by atoms with E-state index in [0.29, 0.717) is 27.6 Å². The molecule has 2 N–H and O–H groups in total. The smallest absolute Gasteiger partial charge is 0.352 e. The second-order valence-corrected chi connectivity index (χ2v) is 9.51. The molecule has 1 aromatic heterocycles. The van der Waals surface area contributed by atoms with Gasteiger partial charge in [-0.2, -0.15) is 0 Å². The van der Waals surface area contributed by atoms with Crippen LogP contribution in [0.3, 0.4) is 0 Å². The maximum Gasteiger partial charge on any atom is 0.352 e. The molecule has 0 fully saturated rings. The van der Waals surface area contributed by atoms with Crippen molar-refractivity contribution in [3.05, 3.63) is 94.1 Å². The minimum Gasteiger partial charge on any atom is -0.477 e. The highest BCUT2D eigenvalue weighted by atomic mass is 79.9. The van der Waals surface area contributed by atoms with Crippen LogP contribution < -0.4 is 4.74 Å². The standard InChI is InChI=1S/C27H25BrN2O5/c1-17(2)15-30(34)26(31)19-10-8-18(9-11-19)16-29-24-13-21(35-20-6-4-3-5-7-20)12-23(28)22(24)14-25(29)27(32)33/h3-14,17,34H,15-16H2,1-2H3,(H,32,33). The van der Waals surface area contributed by atoms with E-state index in [1.54, 1.807) is 34.9 Å². The van der Waals surface area contributed by atoms with Crippen LogP contribution >= 0.6 is 15.9 Å². The number of hydrogen-bond donors (Lipinski definition) is 2. The highest BCUT2D eigenvalue weighted by molar-refractivity contribution is 9.10. The van der Waals surface area contributed by atoms with Gasteiger partial charge in [-0.15, -0.1) is 0 Å². The molecule has 0 saturated carbocycles. The Balaban J connectivity index is 1.66. The Morgan fingerprint density at radius 2 is 1.69 bits per heavy atom. The second-order valence-electron chi connectivity index (χ2n) is 8.65. The number of amides is 1. The molecule has 8 heteroatoms. The SMILES string of the molecule is CC(C)CN(O)C(=O)c1ccc(Cn2c(C(=O)O)cc3c(Br)cc(Oc4ccccc4)cc32)cc1. The zero-order valence-corrected chi connectivity index (χ0v) is 20.9. The highest BCUT2D eigenvalue weighted by Gasteiger charge is 2.19. The first-order valence-corrected chi connectivity index (χ1v) is 11.9. The van der Waals surface area contributed by atoms with Crippen LogP contribution in [0.4, 0.5) is 0 Å². The Kier molecular flexibility index (Phi) is 7.23. The van der Waals surface area contributed by atoms with E-state index in [1.807, 2.05) is 56.3 Å². The quantitative estimate of drug-likeness (QED) is 0.200. The molecule has 0 aliphatic heterocycles. The lowest BCUT2D eigenvalue weighted by atomic mass is 10.1. The van der Waals surface area contributed by atoms with Crippen LogP contribution in [0.1, 0.15) is 40.3 Å². The lowest BCUT2D eigenvalue weighted by Gasteiger charge is -2.17. The second kappa shape index (κ2) is 10.3. The lowest BCUT2D eigenvalue weighted by molar-refractivity contribution is -0.0647. The van der Waals surface area contributed by atoms with Gasteiger partial charge < -0.3 is 14.4 Å². The number of hydrogen-bond acceptors (Lipinski definition) is 4. The number of benzene rings is 3. The number of para-hydroxylation sites is 1. The number of aromatic carboxylic acids is 1. The molecule has 1 amide bonds. The van der Waals surface area contributed by atoms with Crippen molar-refractivity contribution < 1.29 is 24.6 Å². The Hall–Kier alpha value is -3.62. The minimum absolute atomic E-state index is 0.134. The third-order valence-electron chi connectivity index (χ3n) is 5.46. The first-order chi connectivity index (χ1) is 16.7. The first-order valence-electron chi connectivity index (χ1n) is 11.1. The number of fused-ring (bicyclic) bond motifs is 1. The molecular weight excluding hydrogens is 512 g/mol. The summed E-state index contributed by atoms with van der Waals surface area (Å²) in [5.74, 6) is -0.147. The van der Waals surface area contributed by atoms with Gasteiger partial charge in [0.05, 0.1) is 12.1 Å². The summed E-state index contributed by atoms with van der Waals surface area (Å²) in [7, 11) is 0. The van der Waals surface area contributed by atoms with E-state index in [-0.39, 0.29) is 24.7 Å². The van der Waals surface area contributed by atoms with Crippen LogP contribution in [0, 0.1) is 5.92 Å². The van der Waals surface area contributed by atoms with Gasteiger partial charge in [-0.25, -0.2) is 9.86 Å². The summed E-state index contributed by atoms with van der Waals surface area (Å²) in [5, 5.41) is 21.3. The van der Waals surface area contributed by atoms with Gasteiger partial charge in [-0.1, -0.05) is 44.2 Å². The van der Waals surface area contributed by atoms with Gasteiger partial charge >= 0.3 is 5.97 Å². The van der Waals surface area contributed by atoms with Crippen molar-refractivity contribution >= 4 is 38.7 Å². The van der Waals surface area contributed by atoms with Gasteiger partial charge in [0.15, 0.2) is 0 Å². The molecule has 0 aliphatic carbocycles. The summed E-state index contributed by atoms with van der Waals surface area (Å²) >= 11 is 3.55. The number of rotatable bonds is 8. The maximum absolute atomic E-state index is 12.4. The maximum atomic E-state index is 12.4. The number of nitrogens with zero attached hydrogens (tertiary/aromatic N) is 2. The Morgan fingerprint density at radius 1 is 1.00 bits per heavy atom. The third kappa shape index (κ3) is 5.55. The Morgan fingerprint density at radius 3 is 2.31 bits per heavy atom. The molecule has 180 valence electrons. The molecule has 7 nitrogen and oxygen atoms in total. The number of carboxylic acid groups (broad SMARTS) is 1. The van der Waals surface area contributed by atoms with Gasteiger partial charge in [0, 0.05) is 28.0 Å². The molecule has 3 aromatic carbocycles. The average Bonchev–Trinajstić information content (AvgIpc) is 3.18. The fourth-order valence-corrected chi connectivity index (χ4v) is 4.38. The number of carboxylic acids is 1. The molecule has 0 spiro atoms. The summed E-state index contributed by atoms with van der Waals surface area (Å²) in [6.45, 7) is 4.33. The predicted octanol–water partition coefficient (Wildman–Crippen LogP) is 6.43. The van der Waals surface area contributed by atoms with Crippen LogP contribution in [-0.4, -0.2) is 38.4 Å². The van der Waals surface area contributed by atoms with Crippen molar-refractivity contribution in [1.29, 1.82) is 0 Å². The molecule has 0 atom stereocenters. The Bertz CT molecular complexity index is 1360. The molecule has 0 radical (unpaired) electrons. The number of hydroxylamine groups is 2. The van der Waals surface area contributed by atoms with Gasteiger partial charge in [-0.05, 0) is 63.8 Å². The molecule has 0 bridgehead atoms. The van der Waals surface area contributed by atoms with Gasteiger partial charge in [0.25, 0.3) is 5.91 Å². The molecule has 4 rings (SSSR count). The van der Waals surface area contributed by atoms with E-state index in [2.05, 4.69) is 15.9 Å². The predicted molar refractivity (Wildman–Crippen MR) is 136 cm³/mol. The normalized spacial score (nSPS) is 11.1. The van der Waals surface area contributed by atoms with Gasteiger partial charge in [0.1, 0.15) is 17.2 Å². The van der Waals surface area contributed by atoms with E-state index in [9.17, 15) is 19.9 Å². The van der Waals surface area contributed by atoms with E-state index in [1.165, 1.54) is 0 Å². The molecule has 1 heterocycles. The van der Waals surface area contributed by atoms with Crippen LogP contribution in [0.25, 0.3) is 10.9 Å². The number of carbonyl (C=O) groups is 2. The van der Waals surface area contributed by atoms with Crippen molar-refractivity contribution in [2.24, 2.45) is 5.92 Å². The fourth-order valence-electron chi connectivity index (χ4n) is 3.83. The van der Waals surface area contributed by atoms with Crippen molar-refractivity contribution in [3.8, 4) is 11.5 Å². The zero-order chi connectivity index (χ0) is 25.1. The average molecular weight is 537 g/mol. The summed E-state index contributed by atoms with van der Waals surface area (Å²) in [5.41, 5.74) is 1.99. The molecule has 0 aliphatic rings. The van der Waals surface area contributed by atoms with Gasteiger partial charge in [0.2, 0.25) is 0 Å². The van der Waals surface area contributed by atoms with Crippen molar-refractivity contribution in [1.82, 2.24) is 9.63 Å². The van der Waals surface area contributed by atoms with Crippen LogP contribution in [-0.2, 0) is 6.54 Å². The van der Waals surface area contributed by atoms with E-state index < -0.39 is 11.9 Å². The third-order valence-corrected chi connectivity index (χ3v) is 6.11. The first kappa shape index (κ1) is 24.5. The Labute approximate surface area is 211 Å². The number of carbonyl (C=O) groups excluding carboxylic acids is 1. The number of aromatic nitrogens is 1. The molecule has 0 saturated heterocycles. The van der Waals surface area contributed by atoms with E-state index >= 15 is 0 Å². The van der Waals surface area contributed by atoms with Crippen LogP contribution in [0.2, 0.25) is 0 Å². The summed E-state index contributed by atoms with van der Waals surface area (Å²) in [6.07, 6.45) is 0. The highest BCUT2D eigenvalue weighted by Crippen LogP contribution is 2.34. The topological polar surface area (TPSA) is 92.0 Å². The summed E-state index contributed by atoms with van der Waals surface area (Å²) in [6, 6.07) is 21.4. The largest absolute Gasteiger partial charge is 0.477 e. The summed E-state index contributed by atoms with van der Waals surface area (Å²) < 4.78 is 8.40. The lowest BCUT2D eigenvalue weighted by Crippen LogP contribution is -2.30.